The highest BCUT2D eigenvalue weighted by Gasteiger charge is 2.26. The highest BCUT2D eigenvalue weighted by Crippen LogP contribution is 2.18. The van der Waals surface area contributed by atoms with Gasteiger partial charge in [-0.3, -0.25) is 9.80 Å². The summed E-state index contributed by atoms with van der Waals surface area (Å²) in [4.78, 5) is 5.05. The maximum Gasteiger partial charge on any atom is 0.0446 e. The van der Waals surface area contributed by atoms with Gasteiger partial charge in [-0.15, -0.1) is 0 Å². The molecule has 1 aliphatic heterocycles. The van der Waals surface area contributed by atoms with E-state index in [2.05, 4.69) is 71.3 Å². The molecular weight excluding hydrogens is 296 g/mol. The van der Waals surface area contributed by atoms with Crippen LogP contribution in [-0.4, -0.2) is 47.2 Å². The van der Waals surface area contributed by atoms with Crippen LogP contribution < -0.4 is 0 Å². The molecule has 0 spiro atoms. The summed E-state index contributed by atoms with van der Waals surface area (Å²) in [6, 6.07) is 19.9. The number of benzene rings is 2. The molecule has 0 bridgehead atoms. The molecule has 0 aliphatic carbocycles. The molecule has 1 saturated heterocycles. The Morgan fingerprint density at radius 2 is 1.62 bits per heavy atom. The Balaban J connectivity index is 1.61. The molecule has 2 aromatic carbocycles. The SMILES string of the molecule is Cc1ccc(CN2CCN(Cc3ccccc3)CC2CCO)cc1. The van der Waals surface area contributed by atoms with Gasteiger partial charge in [0.2, 0.25) is 0 Å². The average molecular weight is 324 g/mol. The minimum Gasteiger partial charge on any atom is -0.396 e. The summed E-state index contributed by atoms with van der Waals surface area (Å²) in [5.41, 5.74) is 4.03. The minimum atomic E-state index is 0.258. The van der Waals surface area contributed by atoms with Crippen molar-refractivity contribution in [3.8, 4) is 0 Å². The number of rotatable bonds is 6. The number of aryl methyl sites for hydroxylation is 1. The topological polar surface area (TPSA) is 26.7 Å². The van der Waals surface area contributed by atoms with Crippen LogP contribution in [0.2, 0.25) is 0 Å². The van der Waals surface area contributed by atoms with E-state index in [4.69, 9.17) is 0 Å². The van der Waals surface area contributed by atoms with Crippen LogP contribution in [0.15, 0.2) is 54.6 Å². The normalized spacial score (nSPS) is 19.5. The van der Waals surface area contributed by atoms with Crippen LogP contribution in [-0.2, 0) is 13.1 Å². The van der Waals surface area contributed by atoms with Gasteiger partial charge in [-0.05, 0) is 24.5 Å². The Kier molecular flexibility index (Phi) is 6.02. The van der Waals surface area contributed by atoms with E-state index in [1.165, 1.54) is 16.7 Å². The zero-order valence-electron chi connectivity index (χ0n) is 14.6. The Morgan fingerprint density at radius 3 is 2.33 bits per heavy atom. The van der Waals surface area contributed by atoms with Crippen molar-refractivity contribution in [2.75, 3.05) is 26.2 Å². The third-order valence-electron chi connectivity index (χ3n) is 4.91. The first-order valence-corrected chi connectivity index (χ1v) is 8.91. The summed E-state index contributed by atoms with van der Waals surface area (Å²) in [5, 5.41) is 9.47. The molecule has 0 radical (unpaired) electrons. The van der Waals surface area contributed by atoms with E-state index in [0.717, 1.165) is 39.1 Å². The number of aliphatic hydroxyl groups is 1. The standard InChI is InChI=1S/C21H28N2O/c1-18-7-9-20(10-8-18)16-23-13-12-22(17-21(23)11-14-24)15-19-5-3-2-4-6-19/h2-10,21,24H,11-17H2,1H3. The van der Waals surface area contributed by atoms with Crippen LogP contribution in [0, 0.1) is 6.92 Å². The van der Waals surface area contributed by atoms with Gasteiger partial charge in [-0.25, -0.2) is 0 Å². The first kappa shape index (κ1) is 17.2. The summed E-state index contributed by atoms with van der Waals surface area (Å²) in [6.07, 6.45) is 0.844. The molecule has 3 nitrogen and oxygen atoms in total. The van der Waals surface area contributed by atoms with Gasteiger partial charge in [0.15, 0.2) is 0 Å². The minimum absolute atomic E-state index is 0.258. The number of piperazine rings is 1. The first-order chi connectivity index (χ1) is 11.7. The van der Waals surface area contributed by atoms with Gasteiger partial charge in [0.05, 0.1) is 0 Å². The largest absolute Gasteiger partial charge is 0.396 e. The summed E-state index contributed by atoms with van der Waals surface area (Å²) < 4.78 is 0. The van der Waals surface area contributed by atoms with Crippen LogP contribution in [0.3, 0.4) is 0 Å². The van der Waals surface area contributed by atoms with E-state index in [1.807, 2.05) is 0 Å². The van der Waals surface area contributed by atoms with E-state index in [1.54, 1.807) is 0 Å². The first-order valence-electron chi connectivity index (χ1n) is 8.91. The Bertz CT molecular complexity index is 611. The van der Waals surface area contributed by atoms with Gasteiger partial charge < -0.3 is 5.11 Å². The number of nitrogens with zero attached hydrogens (tertiary/aromatic N) is 2. The van der Waals surface area contributed by atoms with E-state index >= 15 is 0 Å². The van der Waals surface area contributed by atoms with Crippen LogP contribution >= 0.6 is 0 Å². The second-order valence-electron chi connectivity index (χ2n) is 6.84. The molecule has 2 aromatic rings. The summed E-state index contributed by atoms with van der Waals surface area (Å²) in [7, 11) is 0. The van der Waals surface area contributed by atoms with Crippen molar-refractivity contribution in [3.63, 3.8) is 0 Å². The maximum atomic E-state index is 9.47. The van der Waals surface area contributed by atoms with Crippen LogP contribution in [0.5, 0.6) is 0 Å². The Hall–Kier alpha value is -1.68. The van der Waals surface area contributed by atoms with E-state index in [0.29, 0.717) is 6.04 Å². The lowest BCUT2D eigenvalue weighted by atomic mass is 10.1. The van der Waals surface area contributed by atoms with Crippen molar-refractivity contribution >= 4 is 0 Å². The van der Waals surface area contributed by atoms with E-state index < -0.39 is 0 Å². The molecule has 0 saturated carbocycles. The van der Waals surface area contributed by atoms with Crippen molar-refractivity contribution in [1.29, 1.82) is 0 Å². The molecule has 3 rings (SSSR count). The van der Waals surface area contributed by atoms with Crippen molar-refractivity contribution in [1.82, 2.24) is 9.80 Å². The zero-order valence-corrected chi connectivity index (χ0v) is 14.6. The monoisotopic (exact) mass is 324 g/mol. The molecule has 1 aliphatic rings. The molecule has 1 fully saturated rings. The number of aliphatic hydroxyl groups excluding tert-OH is 1. The average Bonchev–Trinajstić information content (AvgIpc) is 2.60. The molecule has 1 N–H and O–H groups in total. The Morgan fingerprint density at radius 1 is 0.917 bits per heavy atom. The number of hydrogen-bond donors (Lipinski definition) is 1. The molecule has 0 amide bonds. The lowest BCUT2D eigenvalue weighted by Gasteiger charge is -2.41. The predicted octanol–water partition coefficient (Wildman–Crippen LogP) is 3.06. The highest BCUT2D eigenvalue weighted by atomic mass is 16.3. The van der Waals surface area contributed by atoms with Gasteiger partial charge in [0.25, 0.3) is 0 Å². The summed E-state index contributed by atoms with van der Waals surface area (Å²) in [6.45, 7) is 7.54. The fourth-order valence-corrected chi connectivity index (χ4v) is 3.50. The van der Waals surface area contributed by atoms with E-state index in [9.17, 15) is 5.11 Å². The molecule has 0 aromatic heterocycles. The molecule has 1 atom stereocenters. The van der Waals surface area contributed by atoms with Crippen molar-refractivity contribution < 1.29 is 5.11 Å². The Labute approximate surface area is 145 Å². The maximum absolute atomic E-state index is 9.47. The third kappa shape index (κ3) is 4.67. The van der Waals surface area contributed by atoms with Gasteiger partial charge >= 0.3 is 0 Å². The quantitative estimate of drug-likeness (QED) is 0.885. The van der Waals surface area contributed by atoms with Gasteiger partial charge in [0, 0.05) is 45.4 Å². The summed E-state index contributed by atoms with van der Waals surface area (Å²) >= 11 is 0. The van der Waals surface area contributed by atoms with Crippen molar-refractivity contribution in [2.45, 2.75) is 32.5 Å². The fourth-order valence-electron chi connectivity index (χ4n) is 3.50. The predicted molar refractivity (Wildman–Crippen MR) is 98.8 cm³/mol. The van der Waals surface area contributed by atoms with E-state index in [-0.39, 0.29) is 6.61 Å². The second-order valence-corrected chi connectivity index (χ2v) is 6.84. The lowest BCUT2D eigenvalue weighted by Crippen LogP contribution is -2.52. The molecular formula is C21H28N2O. The van der Waals surface area contributed by atoms with Crippen molar-refractivity contribution in [2.24, 2.45) is 0 Å². The molecule has 3 heteroatoms. The molecule has 24 heavy (non-hydrogen) atoms. The smallest absolute Gasteiger partial charge is 0.0446 e. The lowest BCUT2D eigenvalue weighted by molar-refractivity contribution is 0.0500. The van der Waals surface area contributed by atoms with Crippen LogP contribution in [0.4, 0.5) is 0 Å². The zero-order chi connectivity index (χ0) is 16.8. The highest BCUT2D eigenvalue weighted by molar-refractivity contribution is 5.21. The van der Waals surface area contributed by atoms with Crippen LogP contribution in [0.25, 0.3) is 0 Å². The van der Waals surface area contributed by atoms with Crippen molar-refractivity contribution in [3.05, 3.63) is 71.3 Å². The van der Waals surface area contributed by atoms with Crippen LogP contribution in [0.1, 0.15) is 23.1 Å². The number of hydrogen-bond acceptors (Lipinski definition) is 3. The summed E-state index contributed by atoms with van der Waals surface area (Å²) in [5.74, 6) is 0. The molecule has 1 heterocycles. The third-order valence-corrected chi connectivity index (χ3v) is 4.91. The molecule has 1 unspecified atom stereocenters. The second kappa shape index (κ2) is 8.43. The van der Waals surface area contributed by atoms with Gasteiger partial charge in [-0.1, -0.05) is 60.2 Å². The molecule has 128 valence electrons. The fraction of sp³-hybridized carbons (Fsp3) is 0.429. The van der Waals surface area contributed by atoms with Gasteiger partial charge in [0.1, 0.15) is 0 Å². The van der Waals surface area contributed by atoms with Gasteiger partial charge in [-0.2, -0.15) is 0 Å².